The average Bonchev–Trinajstić information content (AvgIpc) is 3.05. The van der Waals surface area contributed by atoms with E-state index in [1.807, 2.05) is 0 Å². The van der Waals surface area contributed by atoms with E-state index in [4.69, 9.17) is 0 Å². The van der Waals surface area contributed by atoms with Crippen molar-refractivity contribution in [2.45, 2.75) is 63.8 Å². The van der Waals surface area contributed by atoms with Crippen LogP contribution in [0.25, 0.3) is 0 Å². The minimum absolute atomic E-state index is 0.0648. The molecule has 3 N–H and O–H groups in total. The van der Waals surface area contributed by atoms with Crippen molar-refractivity contribution in [2.24, 2.45) is 0 Å². The van der Waals surface area contributed by atoms with Crippen LogP contribution in [0.1, 0.15) is 72.1 Å². The Morgan fingerprint density at radius 2 is 1.79 bits per heavy atom. The number of hydrogen-bond donors (Lipinski definition) is 3. The van der Waals surface area contributed by atoms with Gasteiger partial charge in [0, 0.05) is 25.1 Å². The number of anilines is 1. The van der Waals surface area contributed by atoms with Crippen molar-refractivity contribution in [3.63, 3.8) is 0 Å². The van der Waals surface area contributed by atoms with Gasteiger partial charge in [0.2, 0.25) is 17.7 Å². The smallest absolute Gasteiger partial charge is 0.264 e. The summed E-state index contributed by atoms with van der Waals surface area (Å²) in [6.45, 7) is -0.0572. The summed E-state index contributed by atoms with van der Waals surface area (Å²) in [7, 11) is 0. The van der Waals surface area contributed by atoms with Crippen LogP contribution in [-0.4, -0.2) is 60.0 Å². The topological polar surface area (TPSA) is 125 Å². The van der Waals surface area contributed by atoms with Crippen molar-refractivity contribution in [1.82, 2.24) is 15.5 Å². The van der Waals surface area contributed by atoms with E-state index in [0.717, 1.165) is 30.6 Å². The molecule has 0 aromatic heterocycles. The van der Waals surface area contributed by atoms with Gasteiger partial charge in [-0.3, -0.25) is 34.2 Å². The van der Waals surface area contributed by atoms with Crippen LogP contribution < -0.4 is 16.0 Å². The Balaban J connectivity index is 1.44. The van der Waals surface area contributed by atoms with Crippen molar-refractivity contribution in [3.8, 4) is 0 Å². The zero-order chi connectivity index (χ0) is 24.7. The van der Waals surface area contributed by atoms with E-state index >= 15 is 0 Å². The van der Waals surface area contributed by atoms with Gasteiger partial charge in [0.15, 0.2) is 0 Å². The molecule has 0 bridgehead atoms. The second-order valence-corrected chi connectivity index (χ2v) is 8.32. The predicted molar refractivity (Wildman–Crippen MR) is 118 cm³/mol. The van der Waals surface area contributed by atoms with Gasteiger partial charge in [0.25, 0.3) is 18.2 Å². The fourth-order valence-corrected chi connectivity index (χ4v) is 4.11. The molecular formula is C23H28F2N4O5. The van der Waals surface area contributed by atoms with Crippen LogP contribution in [0.3, 0.4) is 0 Å². The number of hydrogen-bond acceptors (Lipinski definition) is 6. The lowest BCUT2D eigenvalue weighted by atomic mass is 10.0. The predicted octanol–water partition coefficient (Wildman–Crippen LogP) is 2.22. The van der Waals surface area contributed by atoms with Gasteiger partial charge in [-0.15, -0.1) is 0 Å². The van der Waals surface area contributed by atoms with Crippen LogP contribution in [0.4, 0.5) is 14.5 Å². The van der Waals surface area contributed by atoms with E-state index in [0.29, 0.717) is 18.7 Å². The molecule has 0 aliphatic carbocycles. The van der Waals surface area contributed by atoms with Crippen LogP contribution in [0, 0.1) is 0 Å². The minimum atomic E-state index is -2.55. The molecule has 11 heteroatoms. The van der Waals surface area contributed by atoms with Crippen molar-refractivity contribution in [1.29, 1.82) is 0 Å². The number of rotatable bonds is 12. The second-order valence-electron chi connectivity index (χ2n) is 8.32. The highest BCUT2D eigenvalue weighted by atomic mass is 19.3. The maximum atomic E-state index is 13.0. The molecule has 0 saturated carbocycles. The normalized spacial score (nSPS) is 17.7. The molecule has 1 aromatic carbocycles. The summed E-state index contributed by atoms with van der Waals surface area (Å²) < 4.78 is 24.1. The summed E-state index contributed by atoms with van der Waals surface area (Å²) >= 11 is 0. The highest BCUT2D eigenvalue weighted by molar-refractivity contribution is 6.25. The van der Waals surface area contributed by atoms with E-state index < -0.39 is 42.6 Å². The Bertz CT molecular complexity index is 969. The standard InChI is InChI=1S/C23H28F2N4O5/c24-17(25)13-27-18(30)9-4-2-1-3-5-12-26-15-8-6-7-14-20(15)23(34)29(22(14)33)16-10-11-19(31)28-21(16)32/h6-8,16-17,26H,1-5,9-13H2,(H,27,30)(H,28,31,32). The Morgan fingerprint density at radius 1 is 1.06 bits per heavy atom. The van der Waals surface area contributed by atoms with E-state index in [-0.39, 0.29) is 36.3 Å². The number of amides is 5. The van der Waals surface area contributed by atoms with Crippen molar-refractivity contribution in [2.75, 3.05) is 18.4 Å². The summed E-state index contributed by atoms with van der Waals surface area (Å²) in [4.78, 5) is 61.8. The average molecular weight is 478 g/mol. The molecule has 1 saturated heterocycles. The number of benzene rings is 1. The lowest BCUT2D eigenvalue weighted by Gasteiger charge is -2.27. The zero-order valence-corrected chi connectivity index (χ0v) is 18.7. The highest BCUT2D eigenvalue weighted by Crippen LogP contribution is 2.32. The first kappa shape index (κ1) is 25.3. The van der Waals surface area contributed by atoms with E-state index in [9.17, 15) is 32.8 Å². The number of piperidine rings is 1. The third kappa shape index (κ3) is 6.15. The third-order valence-electron chi connectivity index (χ3n) is 5.82. The summed E-state index contributed by atoms with van der Waals surface area (Å²) in [6, 6.07) is 3.91. The Labute approximate surface area is 195 Å². The molecule has 0 spiro atoms. The van der Waals surface area contributed by atoms with Crippen LogP contribution >= 0.6 is 0 Å². The second kappa shape index (κ2) is 11.7. The van der Waals surface area contributed by atoms with Crippen molar-refractivity contribution in [3.05, 3.63) is 29.3 Å². The number of halogens is 2. The molecule has 3 rings (SSSR count). The summed E-state index contributed by atoms with van der Waals surface area (Å²) in [5, 5.41) is 7.54. The Morgan fingerprint density at radius 3 is 2.53 bits per heavy atom. The number of nitrogens with one attached hydrogen (secondary N) is 3. The lowest BCUT2D eigenvalue weighted by molar-refractivity contribution is -0.136. The van der Waals surface area contributed by atoms with E-state index in [1.165, 1.54) is 0 Å². The van der Waals surface area contributed by atoms with Gasteiger partial charge in [-0.25, -0.2) is 8.78 Å². The lowest BCUT2D eigenvalue weighted by Crippen LogP contribution is -2.54. The first-order chi connectivity index (χ1) is 16.3. The molecule has 2 aliphatic rings. The van der Waals surface area contributed by atoms with Gasteiger partial charge in [-0.1, -0.05) is 25.3 Å². The minimum Gasteiger partial charge on any atom is -0.384 e. The van der Waals surface area contributed by atoms with Gasteiger partial charge in [-0.05, 0) is 31.4 Å². The maximum absolute atomic E-state index is 13.0. The molecule has 1 unspecified atom stereocenters. The van der Waals surface area contributed by atoms with Crippen LogP contribution in [0.2, 0.25) is 0 Å². The molecular weight excluding hydrogens is 450 g/mol. The molecule has 1 fully saturated rings. The fourth-order valence-electron chi connectivity index (χ4n) is 4.11. The summed E-state index contributed by atoms with van der Waals surface area (Å²) in [5.74, 6) is -2.54. The molecule has 9 nitrogen and oxygen atoms in total. The molecule has 1 atom stereocenters. The van der Waals surface area contributed by atoms with Gasteiger partial charge in [0.05, 0.1) is 17.7 Å². The zero-order valence-electron chi connectivity index (χ0n) is 18.7. The van der Waals surface area contributed by atoms with Crippen molar-refractivity contribution < 1.29 is 32.8 Å². The van der Waals surface area contributed by atoms with Gasteiger partial charge >= 0.3 is 0 Å². The Hall–Kier alpha value is -3.37. The maximum Gasteiger partial charge on any atom is 0.264 e. The number of carbonyl (C=O) groups is 5. The number of alkyl halides is 2. The molecule has 2 aliphatic heterocycles. The first-order valence-electron chi connectivity index (χ1n) is 11.4. The molecule has 184 valence electrons. The number of imide groups is 2. The number of carbonyl (C=O) groups excluding carboxylic acids is 5. The number of nitrogens with zero attached hydrogens (tertiary/aromatic N) is 1. The first-order valence-corrected chi connectivity index (χ1v) is 11.4. The van der Waals surface area contributed by atoms with Crippen LogP contribution in [0.5, 0.6) is 0 Å². The largest absolute Gasteiger partial charge is 0.384 e. The summed E-state index contributed by atoms with van der Waals surface area (Å²) in [6.07, 6.45) is 1.81. The van der Waals surface area contributed by atoms with Gasteiger partial charge in [-0.2, -0.15) is 0 Å². The van der Waals surface area contributed by atoms with Crippen LogP contribution in [0.15, 0.2) is 18.2 Å². The van der Waals surface area contributed by atoms with E-state index in [1.54, 1.807) is 18.2 Å². The highest BCUT2D eigenvalue weighted by Gasteiger charge is 2.45. The number of fused-ring (bicyclic) bond motifs is 1. The van der Waals surface area contributed by atoms with E-state index in [2.05, 4.69) is 16.0 Å². The fraction of sp³-hybridized carbons (Fsp3) is 0.522. The Kier molecular flexibility index (Phi) is 8.67. The quantitative estimate of drug-likeness (QED) is 0.313. The molecule has 1 aromatic rings. The number of unbranched alkanes of at least 4 members (excludes halogenated alkanes) is 4. The SMILES string of the molecule is O=C(CCCCCCCNc1cccc2c1C(=O)N(C1CCC(=O)NC1=O)C2=O)NCC(F)F. The van der Waals surface area contributed by atoms with Crippen LogP contribution in [-0.2, 0) is 14.4 Å². The van der Waals surface area contributed by atoms with Crippen molar-refractivity contribution >= 4 is 35.2 Å². The summed E-state index contributed by atoms with van der Waals surface area (Å²) in [5.41, 5.74) is 0.971. The molecule has 2 heterocycles. The third-order valence-corrected chi connectivity index (χ3v) is 5.82. The molecule has 0 radical (unpaired) electrons. The van der Waals surface area contributed by atoms with Gasteiger partial charge < -0.3 is 10.6 Å². The monoisotopic (exact) mass is 478 g/mol. The molecule has 34 heavy (non-hydrogen) atoms. The molecule has 5 amide bonds. The van der Waals surface area contributed by atoms with Gasteiger partial charge in [0.1, 0.15) is 6.04 Å².